The predicted octanol–water partition coefficient (Wildman–Crippen LogP) is 2.38. The van der Waals surface area contributed by atoms with Crippen molar-refractivity contribution in [1.29, 1.82) is 0 Å². The van der Waals surface area contributed by atoms with Crippen LogP contribution in [0.25, 0.3) is 10.2 Å². The second-order valence-corrected chi connectivity index (χ2v) is 9.35. The molecule has 7 nitrogen and oxygen atoms in total. The number of nitrogens with zero attached hydrogens (tertiary/aromatic N) is 5. The lowest BCUT2D eigenvalue weighted by molar-refractivity contribution is -0.133. The number of hydrogen-bond donors (Lipinski definition) is 0. The van der Waals surface area contributed by atoms with Gasteiger partial charge in [-0.15, -0.1) is 11.3 Å². The molecule has 2 aromatic heterocycles. The van der Waals surface area contributed by atoms with E-state index in [1.807, 2.05) is 0 Å². The number of morpholine rings is 1. The van der Waals surface area contributed by atoms with Crippen molar-refractivity contribution in [2.24, 2.45) is 0 Å². The van der Waals surface area contributed by atoms with Crippen LogP contribution in [-0.2, 0) is 9.53 Å². The highest BCUT2D eigenvalue weighted by molar-refractivity contribution is 7.17. The van der Waals surface area contributed by atoms with Crippen molar-refractivity contribution in [3.8, 4) is 0 Å². The van der Waals surface area contributed by atoms with Crippen molar-refractivity contribution in [1.82, 2.24) is 19.8 Å². The van der Waals surface area contributed by atoms with Gasteiger partial charge >= 0.3 is 0 Å². The first-order valence-corrected chi connectivity index (χ1v) is 11.7. The minimum Gasteiger partial charge on any atom is -0.379 e. The van der Waals surface area contributed by atoms with Crippen molar-refractivity contribution < 1.29 is 9.53 Å². The van der Waals surface area contributed by atoms with Gasteiger partial charge in [-0.3, -0.25) is 9.69 Å². The summed E-state index contributed by atoms with van der Waals surface area (Å²) >= 11 is 1.73. The quantitative estimate of drug-likeness (QED) is 0.767. The topological polar surface area (TPSA) is 61.8 Å². The predicted molar refractivity (Wildman–Crippen MR) is 114 cm³/mol. The molecule has 1 atom stereocenters. The van der Waals surface area contributed by atoms with Crippen LogP contribution in [-0.4, -0.2) is 83.7 Å². The lowest BCUT2D eigenvalue weighted by Gasteiger charge is -2.39. The van der Waals surface area contributed by atoms with E-state index < -0.39 is 0 Å². The Morgan fingerprint density at radius 2 is 1.90 bits per heavy atom. The number of carbonyl (C=O) groups is 1. The van der Waals surface area contributed by atoms with Crippen LogP contribution in [0.1, 0.15) is 32.1 Å². The largest absolute Gasteiger partial charge is 0.379 e. The smallest absolute Gasteiger partial charge is 0.236 e. The Morgan fingerprint density at radius 1 is 1.07 bits per heavy atom. The van der Waals surface area contributed by atoms with Crippen LogP contribution in [0.5, 0.6) is 0 Å². The number of thiophene rings is 1. The molecule has 0 N–H and O–H groups in total. The zero-order chi connectivity index (χ0) is 19.7. The number of rotatable bonds is 3. The highest BCUT2D eigenvalue weighted by atomic mass is 32.1. The summed E-state index contributed by atoms with van der Waals surface area (Å²) in [7, 11) is 0. The molecule has 0 unspecified atom stereocenters. The number of fused-ring (bicyclic) bond motifs is 1. The molecule has 5 heterocycles. The summed E-state index contributed by atoms with van der Waals surface area (Å²) in [4.78, 5) is 28.9. The summed E-state index contributed by atoms with van der Waals surface area (Å²) in [5, 5.41) is 2.10. The van der Waals surface area contributed by atoms with Gasteiger partial charge in [0.25, 0.3) is 0 Å². The normalized spacial score (nSPS) is 26.3. The third-order valence-corrected chi connectivity index (χ3v) is 7.71. The van der Waals surface area contributed by atoms with Crippen LogP contribution >= 0.6 is 11.3 Å². The molecule has 0 radical (unpaired) electrons. The van der Waals surface area contributed by atoms with E-state index in [-0.39, 0.29) is 11.4 Å². The van der Waals surface area contributed by atoms with Crippen molar-refractivity contribution in [2.75, 3.05) is 57.4 Å². The monoisotopic (exact) mass is 415 g/mol. The lowest BCUT2D eigenvalue weighted by Crippen LogP contribution is -2.47. The SMILES string of the molecule is O=C(CN1CCOCC1)N1CCC[C@@]2(CCCN2c2ncnc3ccsc23)CC1. The molecule has 3 aliphatic heterocycles. The molecule has 1 amide bonds. The number of ether oxygens (including phenoxy) is 1. The molecule has 3 fully saturated rings. The van der Waals surface area contributed by atoms with E-state index >= 15 is 0 Å². The molecule has 5 rings (SSSR count). The Hall–Kier alpha value is -1.77. The Kier molecular flexibility index (Phi) is 5.41. The van der Waals surface area contributed by atoms with Gasteiger partial charge < -0.3 is 14.5 Å². The van der Waals surface area contributed by atoms with Crippen LogP contribution in [0.15, 0.2) is 17.8 Å². The average molecular weight is 416 g/mol. The Bertz CT molecular complexity index is 868. The number of amides is 1. The maximum absolute atomic E-state index is 12.9. The van der Waals surface area contributed by atoms with Crippen LogP contribution in [0, 0.1) is 0 Å². The fourth-order valence-electron chi connectivity index (χ4n) is 5.24. The second-order valence-electron chi connectivity index (χ2n) is 8.43. The third-order valence-electron chi connectivity index (χ3n) is 6.81. The van der Waals surface area contributed by atoms with Crippen LogP contribution in [0.4, 0.5) is 5.82 Å². The molecule has 0 aliphatic carbocycles. The van der Waals surface area contributed by atoms with Crippen molar-refractivity contribution in [3.63, 3.8) is 0 Å². The fraction of sp³-hybridized carbons (Fsp3) is 0.667. The molecular weight excluding hydrogens is 386 g/mol. The van der Waals surface area contributed by atoms with Crippen molar-refractivity contribution in [3.05, 3.63) is 17.8 Å². The average Bonchev–Trinajstić information content (AvgIpc) is 3.32. The number of aromatic nitrogens is 2. The Labute approximate surface area is 175 Å². The van der Waals surface area contributed by atoms with E-state index in [1.54, 1.807) is 17.7 Å². The molecule has 3 aliphatic rings. The first-order valence-electron chi connectivity index (χ1n) is 10.8. The molecule has 29 heavy (non-hydrogen) atoms. The maximum Gasteiger partial charge on any atom is 0.236 e. The number of carbonyl (C=O) groups excluding carboxylic acids is 1. The Balaban J connectivity index is 1.31. The molecule has 1 spiro atoms. The number of anilines is 1. The first kappa shape index (κ1) is 19.2. The molecule has 0 bridgehead atoms. The maximum atomic E-state index is 12.9. The second kappa shape index (κ2) is 8.16. The van der Waals surface area contributed by atoms with Crippen LogP contribution < -0.4 is 4.90 Å². The van der Waals surface area contributed by atoms with E-state index in [2.05, 4.69) is 31.1 Å². The molecule has 156 valence electrons. The summed E-state index contributed by atoms with van der Waals surface area (Å²) in [6.07, 6.45) is 7.30. The lowest BCUT2D eigenvalue weighted by atomic mass is 9.87. The fourth-order valence-corrected chi connectivity index (χ4v) is 6.08. The summed E-state index contributed by atoms with van der Waals surface area (Å²) in [6, 6.07) is 2.08. The molecule has 0 aromatic carbocycles. The van der Waals surface area contributed by atoms with Gasteiger partial charge in [-0.1, -0.05) is 0 Å². The van der Waals surface area contributed by atoms with Crippen molar-refractivity contribution >= 4 is 33.3 Å². The van der Waals surface area contributed by atoms with Gasteiger partial charge in [0, 0.05) is 38.3 Å². The minimum atomic E-state index is 0.124. The van der Waals surface area contributed by atoms with Gasteiger partial charge in [0.05, 0.1) is 30.0 Å². The van der Waals surface area contributed by atoms with Crippen LogP contribution in [0.2, 0.25) is 0 Å². The third kappa shape index (κ3) is 3.73. The first-order chi connectivity index (χ1) is 14.3. The van der Waals surface area contributed by atoms with E-state index in [4.69, 9.17) is 9.72 Å². The van der Waals surface area contributed by atoms with Gasteiger partial charge in [0.15, 0.2) is 0 Å². The molecule has 8 heteroatoms. The highest BCUT2D eigenvalue weighted by Gasteiger charge is 2.43. The standard InChI is InChI=1S/C21H29N5O2S/c27-18(15-24-10-12-28-13-11-24)25-7-1-4-21(6-9-25)5-2-8-26(21)20-19-17(3-14-29-19)22-16-23-20/h3,14,16H,1-2,4-13,15H2/t21-/m1/s1. The van der Waals surface area contributed by atoms with Crippen molar-refractivity contribution in [2.45, 2.75) is 37.6 Å². The summed E-state index contributed by atoms with van der Waals surface area (Å²) in [5.41, 5.74) is 1.16. The number of likely N-dealkylation sites (tertiary alicyclic amines) is 1. The molecule has 2 aromatic rings. The summed E-state index contributed by atoms with van der Waals surface area (Å²) in [6.45, 7) is 6.50. The van der Waals surface area contributed by atoms with Gasteiger partial charge in [0.1, 0.15) is 12.1 Å². The summed E-state index contributed by atoms with van der Waals surface area (Å²) in [5.74, 6) is 1.37. The highest BCUT2D eigenvalue weighted by Crippen LogP contribution is 2.43. The number of hydrogen-bond acceptors (Lipinski definition) is 7. The molecule has 3 saturated heterocycles. The minimum absolute atomic E-state index is 0.124. The van der Waals surface area contributed by atoms with Gasteiger partial charge in [0.2, 0.25) is 5.91 Å². The Morgan fingerprint density at radius 3 is 2.76 bits per heavy atom. The van der Waals surface area contributed by atoms with E-state index in [1.165, 1.54) is 17.5 Å². The molecular formula is C21H29N5O2S. The zero-order valence-corrected chi connectivity index (χ0v) is 17.7. The van der Waals surface area contributed by atoms with Gasteiger partial charge in [-0.05, 0) is 43.6 Å². The van der Waals surface area contributed by atoms with Gasteiger partial charge in [-0.25, -0.2) is 9.97 Å². The van der Waals surface area contributed by atoms with E-state index in [0.29, 0.717) is 6.54 Å². The summed E-state index contributed by atoms with van der Waals surface area (Å²) < 4.78 is 6.60. The van der Waals surface area contributed by atoms with Crippen LogP contribution in [0.3, 0.4) is 0 Å². The van der Waals surface area contributed by atoms with E-state index in [0.717, 1.165) is 76.5 Å². The van der Waals surface area contributed by atoms with Gasteiger partial charge in [-0.2, -0.15) is 0 Å². The van der Waals surface area contributed by atoms with E-state index in [9.17, 15) is 4.79 Å². The molecule has 0 saturated carbocycles. The zero-order valence-electron chi connectivity index (χ0n) is 16.9.